The number of hydrogen-bond acceptors (Lipinski definition) is 6. The number of benzene rings is 3. The molecule has 0 saturated carbocycles. The van der Waals surface area contributed by atoms with E-state index in [2.05, 4.69) is 10.6 Å². The van der Waals surface area contributed by atoms with E-state index in [0.717, 1.165) is 27.8 Å². The molecule has 204 valence electrons. The third-order valence-electron chi connectivity index (χ3n) is 6.67. The van der Waals surface area contributed by atoms with Crippen molar-refractivity contribution >= 4 is 18.0 Å². The van der Waals surface area contributed by atoms with Crippen molar-refractivity contribution in [2.24, 2.45) is 0 Å². The van der Waals surface area contributed by atoms with E-state index < -0.39 is 36.2 Å². The molecule has 3 aromatic carbocycles. The molecule has 0 heterocycles. The quantitative estimate of drug-likeness (QED) is 0.325. The molecule has 3 aromatic rings. The Balaban J connectivity index is 1.35. The molecular weight excluding hydrogens is 500 g/mol. The van der Waals surface area contributed by atoms with Crippen LogP contribution in [-0.2, 0) is 30.4 Å². The summed E-state index contributed by atoms with van der Waals surface area (Å²) in [5, 5.41) is 14.7. The van der Waals surface area contributed by atoms with Crippen LogP contribution in [0.3, 0.4) is 0 Å². The molecule has 1 aliphatic rings. The van der Waals surface area contributed by atoms with Gasteiger partial charge < -0.3 is 30.0 Å². The summed E-state index contributed by atoms with van der Waals surface area (Å²) in [5.41, 5.74) is 5.19. The Morgan fingerprint density at radius 3 is 2.05 bits per heavy atom. The minimum absolute atomic E-state index is 0.0727. The molecule has 9 heteroatoms. The maximum Gasteiger partial charge on any atom is 0.407 e. The van der Waals surface area contributed by atoms with E-state index in [0.29, 0.717) is 0 Å². The van der Waals surface area contributed by atoms with Crippen molar-refractivity contribution in [1.82, 2.24) is 10.6 Å². The van der Waals surface area contributed by atoms with Crippen molar-refractivity contribution in [3.8, 4) is 11.1 Å². The predicted molar refractivity (Wildman–Crippen MR) is 144 cm³/mol. The summed E-state index contributed by atoms with van der Waals surface area (Å²) in [6, 6.07) is 22.7. The number of ether oxygens (including phenoxy) is 3. The maximum atomic E-state index is 13.0. The highest BCUT2D eigenvalue weighted by atomic mass is 16.5. The van der Waals surface area contributed by atoms with Crippen LogP contribution in [0, 0.1) is 0 Å². The molecule has 3 N–H and O–H groups in total. The van der Waals surface area contributed by atoms with Gasteiger partial charge in [-0.15, -0.1) is 0 Å². The number of carboxylic acids is 1. The number of alkyl carbamates (subject to hydrolysis) is 1. The molecule has 9 nitrogen and oxygen atoms in total. The van der Waals surface area contributed by atoms with Gasteiger partial charge in [0.05, 0.1) is 19.3 Å². The molecule has 0 aliphatic heterocycles. The van der Waals surface area contributed by atoms with Gasteiger partial charge in [-0.1, -0.05) is 78.9 Å². The first-order valence-electron chi connectivity index (χ1n) is 12.7. The lowest BCUT2D eigenvalue weighted by Crippen LogP contribution is -2.56. The fraction of sp³-hybridized carbons (Fsp3) is 0.300. The molecule has 1 aliphatic carbocycles. The van der Waals surface area contributed by atoms with Gasteiger partial charge in [0, 0.05) is 13.0 Å². The normalized spacial score (nSPS) is 14.4. The monoisotopic (exact) mass is 532 g/mol. The molecule has 0 unspecified atom stereocenters. The Kier molecular flexibility index (Phi) is 9.30. The van der Waals surface area contributed by atoms with Gasteiger partial charge in [-0.2, -0.15) is 0 Å². The second-order valence-corrected chi connectivity index (χ2v) is 9.30. The van der Waals surface area contributed by atoms with E-state index in [1.54, 1.807) is 6.92 Å². The van der Waals surface area contributed by atoms with Gasteiger partial charge in [-0.25, -0.2) is 9.59 Å². The summed E-state index contributed by atoms with van der Waals surface area (Å²) in [5.74, 6) is -2.13. The number of carboxylic acid groups (broad SMARTS) is 1. The van der Waals surface area contributed by atoms with Crippen LogP contribution in [-0.4, -0.2) is 61.6 Å². The predicted octanol–water partition coefficient (Wildman–Crippen LogP) is 3.71. The lowest BCUT2D eigenvalue weighted by Gasteiger charge is -2.25. The van der Waals surface area contributed by atoms with Gasteiger partial charge >= 0.3 is 12.1 Å². The van der Waals surface area contributed by atoms with E-state index in [4.69, 9.17) is 14.2 Å². The minimum atomic E-state index is -1.34. The second kappa shape index (κ2) is 13.0. The topological polar surface area (TPSA) is 123 Å². The Morgan fingerprint density at radius 2 is 1.46 bits per heavy atom. The molecule has 3 atom stereocenters. The lowest BCUT2D eigenvalue weighted by molar-refractivity contribution is -0.147. The summed E-state index contributed by atoms with van der Waals surface area (Å²) in [6.07, 6.45) is -1.65. The standard InChI is InChI=1S/C30H32N2O7/c1-19(38-16-20-10-4-3-5-11-20)27(29(34)35)32-28(33)26(18-37-2)31-30(36)39-17-25-23-14-8-6-12-21(23)22-13-7-9-15-24(22)25/h3-15,19,25-27H,16-18H2,1-2H3,(H,31,36)(H,32,33)(H,34,35)/t19-,26-,27+/m0/s1. The second-order valence-electron chi connectivity index (χ2n) is 9.30. The van der Waals surface area contributed by atoms with Crippen LogP contribution in [0.1, 0.15) is 29.5 Å². The zero-order valence-corrected chi connectivity index (χ0v) is 21.8. The minimum Gasteiger partial charge on any atom is -0.480 e. The summed E-state index contributed by atoms with van der Waals surface area (Å²) in [4.78, 5) is 37.6. The van der Waals surface area contributed by atoms with Gasteiger partial charge in [0.1, 0.15) is 12.6 Å². The van der Waals surface area contributed by atoms with Crippen molar-refractivity contribution < 1.29 is 33.7 Å². The Labute approximate surface area is 227 Å². The van der Waals surface area contributed by atoms with E-state index in [1.165, 1.54) is 7.11 Å². The van der Waals surface area contributed by atoms with Crippen LogP contribution in [0.4, 0.5) is 4.79 Å². The summed E-state index contributed by atoms with van der Waals surface area (Å²) in [7, 11) is 1.37. The summed E-state index contributed by atoms with van der Waals surface area (Å²) >= 11 is 0. The van der Waals surface area contributed by atoms with Crippen molar-refractivity contribution in [2.45, 2.75) is 37.6 Å². The van der Waals surface area contributed by atoms with Crippen molar-refractivity contribution in [3.63, 3.8) is 0 Å². The SMILES string of the molecule is COC[C@H](NC(=O)OCC1c2ccccc2-c2ccccc21)C(=O)N[C@@H](C(=O)O)[C@H](C)OCc1ccccc1. The summed E-state index contributed by atoms with van der Waals surface area (Å²) < 4.78 is 16.3. The lowest BCUT2D eigenvalue weighted by atomic mass is 9.98. The molecule has 4 rings (SSSR count). The number of hydrogen-bond donors (Lipinski definition) is 3. The third kappa shape index (κ3) is 6.81. The van der Waals surface area contributed by atoms with Crippen LogP contribution in [0.2, 0.25) is 0 Å². The number of methoxy groups -OCH3 is 1. The average molecular weight is 533 g/mol. The number of amides is 2. The van der Waals surface area contributed by atoms with Gasteiger partial charge in [0.2, 0.25) is 5.91 Å². The first kappa shape index (κ1) is 27.8. The van der Waals surface area contributed by atoms with Gasteiger partial charge in [-0.3, -0.25) is 4.79 Å². The fourth-order valence-corrected chi connectivity index (χ4v) is 4.66. The van der Waals surface area contributed by atoms with Crippen molar-refractivity contribution in [2.75, 3.05) is 20.3 Å². The van der Waals surface area contributed by atoms with Gasteiger partial charge in [-0.05, 0) is 34.7 Å². The first-order valence-corrected chi connectivity index (χ1v) is 12.7. The molecule has 0 saturated heterocycles. The van der Waals surface area contributed by atoms with E-state index in [1.807, 2.05) is 78.9 Å². The Morgan fingerprint density at radius 1 is 0.872 bits per heavy atom. The highest BCUT2D eigenvalue weighted by molar-refractivity contribution is 5.89. The van der Waals surface area contributed by atoms with Crippen molar-refractivity contribution in [1.29, 1.82) is 0 Å². The van der Waals surface area contributed by atoms with Gasteiger partial charge in [0.15, 0.2) is 6.04 Å². The molecular formula is C30H32N2O7. The number of carbonyl (C=O) groups is 3. The van der Waals surface area contributed by atoms with Gasteiger partial charge in [0.25, 0.3) is 0 Å². The van der Waals surface area contributed by atoms with Crippen LogP contribution in [0.15, 0.2) is 78.9 Å². The Hall–Kier alpha value is -4.21. The zero-order chi connectivity index (χ0) is 27.8. The third-order valence-corrected chi connectivity index (χ3v) is 6.67. The maximum absolute atomic E-state index is 13.0. The molecule has 0 radical (unpaired) electrons. The number of fused-ring (bicyclic) bond motifs is 3. The highest BCUT2D eigenvalue weighted by Crippen LogP contribution is 2.44. The summed E-state index contributed by atoms with van der Waals surface area (Å²) in [6.45, 7) is 1.64. The Bertz CT molecular complexity index is 1250. The number of nitrogens with one attached hydrogen (secondary N) is 2. The molecule has 0 aromatic heterocycles. The smallest absolute Gasteiger partial charge is 0.407 e. The number of carbonyl (C=O) groups excluding carboxylic acids is 2. The molecule has 0 spiro atoms. The number of aliphatic carboxylic acids is 1. The average Bonchev–Trinajstić information content (AvgIpc) is 3.27. The van der Waals surface area contributed by atoms with Crippen LogP contribution < -0.4 is 10.6 Å². The first-order chi connectivity index (χ1) is 18.9. The zero-order valence-electron chi connectivity index (χ0n) is 21.8. The molecule has 0 fully saturated rings. The van der Waals surface area contributed by atoms with Crippen LogP contribution in [0.25, 0.3) is 11.1 Å². The molecule has 0 bridgehead atoms. The van der Waals surface area contributed by atoms with Crippen molar-refractivity contribution in [3.05, 3.63) is 95.6 Å². The van der Waals surface area contributed by atoms with Crippen LogP contribution >= 0.6 is 0 Å². The largest absolute Gasteiger partial charge is 0.480 e. The fourth-order valence-electron chi connectivity index (χ4n) is 4.66. The van der Waals surface area contributed by atoms with E-state index in [-0.39, 0.29) is 25.7 Å². The molecule has 2 amide bonds. The molecule has 39 heavy (non-hydrogen) atoms. The number of rotatable bonds is 12. The highest BCUT2D eigenvalue weighted by Gasteiger charge is 2.32. The van der Waals surface area contributed by atoms with Crippen LogP contribution in [0.5, 0.6) is 0 Å². The van der Waals surface area contributed by atoms with E-state index in [9.17, 15) is 19.5 Å². The van der Waals surface area contributed by atoms with E-state index >= 15 is 0 Å².